The number of aliphatic carboxylic acids is 1. The average Bonchev–Trinajstić information content (AvgIpc) is 2.16. The van der Waals surface area contributed by atoms with Crippen LogP contribution in [-0.4, -0.2) is 18.2 Å². The molecule has 0 aliphatic rings. The highest BCUT2D eigenvalue weighted by Gasteiger charge is 2.13. The highest BCUT2D eigenvalue weighted by Crippen LogP contribution is 2.17. The van der Waals surface area contributed by atoms with Crippen LogP contribution in [0.4, 0.5) is 0 Å². The van der Waals surface area contributed by atoms with Gasteiger partial charge in [0.25, 0.3) is 0 Å². The van der Waals surface area contributed by atoms with Crippen molar-refractivity contribution in [3.63, 3.8) is 0 Å². The molecule has 0 saturated carbocycles. The van der Waals surface area contributed by atoms with Gasteiger partial charge in [-0.3, -0.25) is 4.79 Å². The number of carbonyl (C=O) groups is 1. The average molecular weight is 181 g/mol. The molecule has 4 heteroatoms. The second-order valence-corrected chi connectivity index (χ2v) is 2.59. The molecule has 3 N–H and O–H groups in total. The molecule has 13 heavy (non-hydrogen) atoms. The minimum Gasteiger partial charge on any atom is -0.497 e. The monoisotopic (exact) mass is 181 g/mol. The summed E-state index contributed by atoms with van der Waals surface area (Å²) in [6.45, 7) is 0. The van der Waals surface area contributed by atoms with Gasteiger partial charge in [0.1, 0.15) is 11.8 Å². The van der Waals surface area contributed by atoms with Crippen LogP contribution in [0.5, 0.6) is 5.75 Å². The SMILES string of the molecule is COc1cccc([C@H](N)C(=O)O)c1. The van der Waals surface area contributed by atoms with Crippen molar-refractivity contribution in [3.05, 3.63) is 29.8 Å². The third kappa shape index (κ3) is 2.19. The summed E-state index contributed by atoms with van der Waals surface area (Å²) in [6.07, 6.45) is 0. The zero-order valence-corrected chi connectivity index (χ0v) is 7.23. The lowest BCUT2D eigenvalue weighted by atomic mass is 10.1. The highest BCUT2D eigenvalue weighted by atomic mass is 16.5. The Balaban J connectivity index is 2.94. The van der Waals surface area contributed by atoms with Crippen molar-refractivity contribution in [1.29, 1.82) is 0 Å². The van der Waals surface area contributed by atoms with Gasteiger partial charge in [-0.1, -0.05) is 12.1 Å². The fourth-order valence-corrected chi connectivity index (χ4v) is 0.978. The van der Waals surface area contributed by atoms with E-state index in [9.17, 15) is 4.79 Å². The van der Waals surface area contributed by atoms with Gasteiger partial charge in [0.2, 0.25) is 0 Å². The number of nitrogens with two attached hydrogens (primary N) is 1. The summed E-state index contributed by atoms with van der Waals surface area (Å²) >= 11 is 0. The van der Waals surface area contributed by atoms with E-state index in [0.717, 1.165) is 0 Å². The third-order valence-electron chi connectivity index (χ3n) is 1.72. The Morgan fingerprint density at radius 1 is 1.62 bits per heavy atom. The molecule has 1 rings (SSSR count). The van der Waals surface area contributed by atoms with E-state index in [0.29, 0.717) is 11.3 Å². The second-order valence-electron chi connectivity index (χ2n) is 2.59. The Labute approximate surface area is 75.9 Å². The summed E-state index contributed by atoms with van der Waals surface area (Å²) in [6, 6.07) is 5.71. The normalized spacial score (nSPS) is 12.2. The van der Waals surface area contributed by atoms with Crippen molar-refractivity contribution in [1.82, 2.24) is 0 Å². The molecule has 0 heterocycles. The largest absolute Gasteiger partial charge is 0.497 e. The van der Waals surface area contributed by atoms with Crippen LogP contribution in [0.3, 0.4) is 0 Å². The van der Waals surface area contributed by atoms with Crippen molar-refractivity contribution in [2.75, 3.05) is 7.11 Å². The molecule has 0 unspecified atom stereocenters. The highest BCUT2D eigenvalue weighted by molar-refractivity contribution is 5.75. The maximum atomic E-state index is 10.5. The predicted molar refractivity (Wildman–Crippen MR) is 47.6 cm³/mol. The van der Waals surface area contributed by atoms with Crippen LogP contribution in [0.2, 0.25) is 0 Å². The lowest BCUT2D eigenvalue weighted by molar-refractivity contribution is -0.138. The summed E-state index contributed by atoms with van der Waals surface area (Å²) in [7, 11) is 1.52. The molecule has 0 aliphatic heterocycles. The van der Waals surface area contributed by atoms with Crippen molar-refractivity contribution in [2.45, 2.75) is 6.04 Å². The predicted octanol–water partition coefficient (Wildman–Crippen LogP) is 0.780. The van der Waals surface area contributed by atoms with E-state index < -0.39 is 12.0 Å². The number of rotatable bonds is 3. The number of hydrogen-bond acceptors (Lipinski definition) is 3. The molecule has 4 nitrogen and oxygen atoms in total. The van der Waals surface area contributed by atoms with E-state index in [-0.39, 0.29) is 0 Å². The van der Waals surface area contributed by atoms with Crippen LogP contribution < -0.4 is 10.5 Å². The van der Waals surface area contributed by atoms with E-state index in [1.165, 1.54) is 7.11 Å². The Bertz CT molecular complexity index is 311. The molecule has 0 aliphatic carbocycles. The number of methoxy groups -OCH3 is 1. The Hall–Kier alpha value is -1.55. The Kier molecular flexibility index (Phi) is 2.87. The maximum absolute atomic E-state index is 10.5. The van der Waals surface area contributed by atoms with Crippen molar-refractivity contribution in [2.24, 2.45) is 5.73 Å². The lowest BCUT2D eigenvalue weighted by Crippen LogP contribution is -2.20. The zero-order valence-electron chi connectivity index (χ0n) is 7.23. The van der Waals surface area contributed by atoms with Crippen LogP contribution in [0.15, 0.2) is 24.3 Å². The van der Waals surface area contributed by atoms with Gasteiger partial charge in [-0.25, -0.2) is 0 Å². The van der Waals surface area contributed by atoms with Crippen molar-refractivity contribution in [3.8, 4) is 5.75 Å². The van der Waals surface area contributed by atoms with Crippen LogP contribution in [-0.2, 0) is 4.79 Å². The standard InChI is InChI=1S/C9H11NO3/c1-13-7-4-2-3-6(5-7)8(10)9(11)12/h2-5,8H,10H2,1H3,(H,11,12)/t8-/m0/s1. The molecule has 0 aromatic heterocycles. The van der Waals surface area contributed by atoms with Gasteiger partial charge in [0.05, 0.1) is 7.11 Å². The number of hydrogen-bond donors (Lipinski definition) is 2. The molecule has 0 saturated heterocycles. The summed E-state index contributed by atoms with van der Waals surface area (Å²) in [5.74, 6) is -0.442. The molecule has 0 amide bonds. The second kappa shape index (κ2) is 3.91. The van der Waals surface area contributed by atoms with Gasteiger partial charge < -0.3 is 15.6 Å². The van der Waals surface area contributed by atoms with Crippen LogP contribution >= 0.6 is 0 Å². The first-order chi connectivity index (χ1) is 6.15. The van der Waals surface area contributed by atoms with Gasteiger partial charge in [0, 0.05) is 0 Å². The first kappa shape index (κ1) is 9.54. The van der Waals surface area contributed by atoms with Gasteiger partial charge in [-0.2, -0.15) is 0 Å². The van der Waals surface area contributed by atoms with Crippen LogP contribution in [0.1, 0.15) is 11.6 Å². The fourth-order valence-electron chi connectivity index (χ4n) is 0.978. The minimum absolute atomic E-state index is 0.534. The number of carboxylic acid groups (broad SMARTS) is 1. The summed E-state index contributed by atoms with van der Waals surface area (Å²) in [5.41, 5.74) is 5.94. The molecule has 0 fully saturated rings. The Morgan fingerprint density at radius 3 is 2.85 bits per heavy atom. The smallest absolute Gasteiger partial charge is 0.325 e. The molecule has 1 aromatic rings. The maximum Gasteiger partial charge on any atom is 0.325 e. The molecule has 1 aromatic carbocycles. The van der Waals surface area contributed by atoms with Crippen molar-refractivity contribution < 1.29 is 14.6 Å². The lowest BCUT2D eigenvalue weighted by Gasteiger charge is -2.07. The van der Waals surface area contributed by atoms with Gasteiger partial charge >= 0.3 is 5.97 Å². The topological polar surface area (TPSA) is 72.5 Å². The van der Waals surface area contributed by atoms with Gasteiger partial charge in [-0.15, -0.1) is 0 Å². The van der Waals surface area contributed by atoms with Gasteiger partial charge in [-0.05, 0) is 17.7 Å². The number of benzene rings is 1. The first-order valence-corrected chi connectivity index (χ1v) is 3.77. The number of ether oxygens (including phenoxy) is 1. The first-order valence-electron chi connectivity index (χ1n) is 3.77. The summed E-state index contributed by atoms with van der Waals surface area (Å²) in [5, 5.41) is 8.63. The minimum atomic E-state index is -1.05. The van der Waals surface area contributed by atoms with E-state index in [1.54, 1.807) is 24.3 Å². The molecule has 0 radical (unpaired) electrons. The van der Waals surface area contributed by atoms with Gasteiger partial charge in [0.15, 0.2) is 0 Å². The Morgan fingerprint density at radius 2 is 2.31 bits per heavy atom. The van der Waals surface area contributed by atoms with Crippen LogP contribution in [0.25, 0.3) is 0 Å². The third-order valence-corrected chi connectivity index (χ3v) is 1.72. The van der Waals surface area contributed by atoms with E-state index in [2.05, 4.69) is 0 Å². The van der Waals surface area contributed by atoms with Crippen LogP contribution in [0, 0.1) is 0 Å². The molecule has 0 bridgehead atoms. The van der Waals surface area contributed by atoms with Crippen molar-refractivity contribution >= 4 is 5.97 Å². The summed E-state index contributed by atoms with van der Waals surface area (Å²) in [4.78, 5) is 10.5. The molecular formula is C9H11NO3. The zero-order chi connectivity index (χ0) is 9.84. The quantitative estimate of drug-likeness (QED) is 0.722. The van der Waals surface area contributed by atoms with E-state index >= 15 is 0 Å². The van der Waals surface area contributed by atoms with E-state index in [1.807, 2.05) is 0 Å². The molecule has 1 atom stereocenters. The molecular weight excluding hydrogens is 170 g/mol. The molecule has 70 valence electrons. The number of carboxylic acids is 1. The fraction of sp³-hybridized carbons (Fsp3) is 0.222. The van der Waals surface area contributed by atoms with E-state index in [4.69, 9.17) is 15.6 Å². The molecule has 0 spiro atoms. The summed E-state index contributed by atoms with van der Waals surface area (Å²) < 4.78 is 4.94.